The van der Waals surface area contributed by atoms with Crippen molar-refractivity contribution >= 4 is 61.3 Å². The van der Waals surface area contributed by atoms with Crippen LogP contribution in [-0.4, -0.2) is 50.4 Å². The molecule has 0 spiro atoms. The Morgan fingerprint density at radius 1 is 1.06 bits per heavy atom. The summed E-state index contributed by atoms with van der Waals surface area (Å²) in [5, 5.41) is 2.71. The summed E-state index contributed by atoms with van der Waals surface area (Å²) >= 11 is 13.5. The largest absolute Gasteiger partial charge is 0.367 e. The van der Waals surface area contributed by atoms with E-state index >= 15 is 0 Å². The van der Waals surface area contributed by atoms with Gasteiger partial charge in [-0.1, -0.05) is 47.0 Å². The van der Waals surface area contributed by atoms with Crippen LogP contribution in [0.1, 0.15) is 16.1 Å². The zero-order chi connectivity index (χ0) is 22.9. The van der Waals surface area contributed by atoms with Crippen LogP contribution in [0.2, 0.25) is 10.0 Å². The van der Waals surface area contributed by atoms with Crippen LogP contribution in [0.4, 0.5) is 10.8 Å². The second-order valence-electron chi connectivity index (χ2n) is 7.31. The number of aryl methyl sites for hydroxylation is 1. The number of anilines is 2. The molecule has 1 aliphatic heterocycles. The first-order chi connectivity index (χ1) is 15.2. The molecule has 168 valence electrons. The maximum absolute atomic E-state index is 12.9. The van der Waals surface area contributed by atoms with Crippen LogP contribution < -0.4 is 9.62 Å². The average Bonchev–Trinajstić information content (AvgIpc) is 3.23. The summed E-state index contributed by atoms with van der Waals surface area (Å²) in [7, 11) is -3.77. The quantitative estimate of drug-likeness (QED) is 0.545. The predicted molar refractivity (Wildman–Crippen MR) is 129 cm³/mol. The van der Waals surface area contributed by atoms with E-state index in [1.807, 2.05) is 19.1 Å². The smallest absolute Gasteiger partial charge is 0.273 e. The van der Waals surface area contributed by atoms with Crippen molar-refractivity contribution < 1.29 is 13.2 Å². The number of carbonyl (C=O) groups is 1. The summed E-state index contributed by atoms with van der Waals surface area (Å²) in [5.41, 5.74) is 2.02. The van der Waals surface area contributed by atoms with Crippen LogP contribution in [-0.2, 0) is 10.0 Å². The number of carbonyl (C=O) groups excluding carboxylic acids is 1. The highest BCUT2D eigenvalue weighted by Crippen LogP contribution is 2.33. The molecule has 0 unspecified atom stereocenters. The van der Waals surface area contributed by atoms with Crippen LogP contribution in [0.3, 0.4) is 0 Å². The second kappa shape index (κ2) is 9.27. The van der Waals surface area contributed by atoms with Crippen molar-refractivity contribution in [2.45, 2.75) is 11.8 Å². The van der Waals surface area contributed by atoms with E-state index in [-0.39, 0.29) is 21.6 Å². The van der Waals surface area contributed by atoms with Crippen LogP contribution in [0.15, 0.2) is 52.7 Å². The molecule has 1 N–H and O–H groups in total. The topological polar surface area (TPSA) is 82.6 Å². The Balaban J connectivity index is 1.40. The fourth-order valence-corrected chi connectivity index (χ4v) is 5.71. The first kappa shape index (κ1) is 22.8. The van der Waals surface area contributed by atoms with Gasteiger partial charge in [-0.15, -0.1) is 11.3 Å². The number of rotatable bonds is 5. The van der Waals surface area contributed by atoms with Crippen LogP contribution >= 0.6 is 34.5 Å². The monoisotopic (exact) mass is 510 g/mol. The van der Waals surface area contributed by atoms with Crippen molar-refractivity contribution in [1.29, 1.82) is 0 Å². The number of aromatic nitrogens is 1. The molecule has 2 heterocycles. The molecule has 3 aromatic rings. The Labute approximate surface area is 200 Å². The SMILES string of the molecule is Cc1ccc(S(=O)(=O)Nc2nc(C(=O)N3CCN(c4cccc(Cl)c4Cl)CC3)cs2)cc1. The Kier molecular flexibility index (Phi) is 6.62. The number of nitrogens with one attached hydrogen (secondary N) is 1. The fourth-order valence-electron chi connectivity index (χ4n) is 3.36. The van der Waals surface area contributed by atoms with Crippen molar-refractivity contribution in [3.63, 3.8) is 0 Å². The molecular weight excluding hydrogens is 491 g/mol. The van der Waals surface area contributed by atoms with E-state index in [0.717, 1.165) is 22.6 Å². The van der Waals surface area contributed by atoms with Crippen molar-refractivity contribution in [3.05, 3.63) is 69.1 Å². The van der Waals surface area contributed by atoms with Gasteiger partial charge in [0.25, 0.3) is 15.9 Å². The minimum absolute atomic E-state index is 0.141. The third-order valence-corrected chi connectivity index (χ3v) is 8.17. The molecule has 2 aromatic carbocycles. The molecule has 0 bridgehead atoms. The maximum Gasteiger partial charge on any atom is 0.273 e. The summed E-state index contributed by atoms with van der Waals surface area (Å²) in [5.74, 6) is -0.237. The van der Waals surface area contributed by atoms with Crippen molar-refractivity contribution in [1.82, 2.24) is 9.88 Å². The van der Waals surface area contributed by atoms with Crippen LogP contribution in [0, 0.1) is 6.92 Å². The highest BCUT2D eigenvalue weighted by molar-refractivity contribution is 7.93. The summed E-state index contributed by atoms with van der Waals surface area (Å²) < 4.78 is 27.5. The molecule has 0 aliphatic carbocycles. The average molecular weight is 511 g/mol. The number of hydrogen-bond donors (Lipinski definition) is 1. The molecule has 1 fully saturated rings. The maximum atomic E-state index is 12.9. The second-order valence-corrected chi connectivity index (χ2v) is 10.6. The highest BCUT2D eigenvalue weighted by atomic mass is 35.5. The third kappa shape index (κ3) is 4.85. The molecule has 1 amide bonds. The predicted octanol–water partition coefficient (Wildman–Crippen LogP) is 4.52. The van der Waals surface area contributed by atoms with Gasteiger partial charge in [-0.2, -0.15) is 0 Å². The normalized spacial score (nSPS) is 14.5. The molecule has 11 heteroatoms. The molecule has 0 radical (unpaired) electrons. The lowest BCUT2D eigenvalue weighted by Crippen LogP contribution is -2.49. The number of amides is 1. The molecule has 1 saturated heterocycles. The lowest BCUT2D eigenvalue weighted by molar-refractivity contribution is 0.0742. The van der Waals surface area contributed by atoms with Crippen molar-refractivity contribution in [2.24, 2.45) is 0 Å². The molecule has 1 aliphatic rings. The van der Waals surface area contributed by atoms with E-state index in [1.165, 1.54) is 12.1 Å². The zero-order valence-electron chi connectivity index (χ0n) is 17.1. The third-order valence-electron chi connectivity index (χ3n) is 5.12. The molecule has 0 saturated carbocycles. The van der Waals surface area contributed by atoms with E-state index in [4.69, 9.17) is 23.2 Å². The number of sulfonamides is 1. The molecule has 1 aromatic heterocycles. The molecule has 32 heavy (non-hydrogen) atoms. The molecule has 7 nitrogen and oxygen atoms in total. The fraction of sp³-hybridized carbons (Fsp3) is 0.238. The molecule has 4 rings (SSSR count). The van der Waals surface area contributed by atoms with Crippen LogP contribution in [0.25, 0.3) is 0 Å². The number of hydrogen-bond acceptors (Lipinski definition) is 6. The standard InChI is InChI=1S/C21H20Cl2N4O3S2/c1-14-5-7-15(8-6-14)32(29,30)25-21-24-17(13-31-21)20(28)27-11-9-26(10-12-27)18-4-2-3-16(22)19(18)23/h2-8,13H,9-12H2,1H3,(H,24,25). The lowest BCUT2D eigenvalue weighted by Gasteiger charge is -2.36. The van der Waals surface area contributed by atoms with E-state index in [0.29, 0.717) is 36.2 Å². The van der Waals surface area contributed by atoms with Crippen LogP contribution in [0.5, 0.6) is 0 Å². The Morgan fingerprint density at radius 2 is 1.75 bits per heavy atom. The Bertz CT molecular complexity index is 1240. The van der Waals surface area contributed by atoms with Gasteiger partial charge in [0.15, 0.2) is 5.13 Å². The number of benzene rings is 2. The minimum atomic E-state index is -3.77. The number of halogens is 2. The van der Waals surface area contributed by atoms with Gasteiger partial charge in [-0.3, -0.25) is 9.52 Å². The van der Waals surface area contributed by atoms with Gasteiger partial charge in [0.1, 0.15) is 5.69 Å². The molecule has 0 atom stereocenters. The van der Waals surface area contributed by atoms with Gasteiger partial charge in [0, 0.05) is 31.6 Å². The van der Waals surface area contributed by atoms with E-state index in [2.05, 4.69) is 14.6 Å². The van der Waals surface area contributed by atoms with Gasteiger partial charge in [0.2, 0.25) is 0 Å². The van der Waals surface area contributed by atoms with E-state index in [1.54, 1.807) is 28.5 Å². The summed E-state index contributed by atoms with van der Waals surface area (Å²) in [6.07, 6.45) is 0. The summed E-state index contributed by atoms with van der Waals surface area (Å²) in [6.45, 7) is 4.06. The molecular formula is C21H20Cl2N4O3S2. The van der Waals surface area contributed by atoms with Crippen molar-refractivity contribution in [3.8, 4) is 0 Å². The summed E-state index contributed by atoms with van der Waals surface area (Å²) in [4.78, 5) is 21.0. The highest BCUT2D eigenvalue weighted by Gasteiger charge is 2.26. The number of thiazole rings is 1. The zero-order valence-corrected chi connectivity index (χ0v) is 20.2. The van der Waals surface area contributed by atoms with Gasteiger partial charge < -0.3 is 9.80 Å². The lowest BCUT2D eigenvalue weighted by atomic mass is 10.2. The van der Waals surface area contributed by atoms with Crippen molar-refractivity contribution in [2.75, 3.05) is 35.8 Å². The van der Waals surface area contributed by atoms with Gasteiger partial charge in [0.05, 0.1) is 20.6 Å². The van der Waals surface area contributed by atoms with E-state index in [9.17, 15) is 13.2 Å². The van der Waals surface area contributed by atoms with Gasteiger partial charge >= 0.3 is 0 Å². The van der Waals surface area contributed by atoms with Gasteiger partial charge in [-0.25, -0.2) is 13.4 Å². The Hall–Kier alpha value is -2.33. The van der Waals surface area contributed by atoms with Gasteiger partial charge in [-0.05, 0) is 31.2 Å². The first-order valence-corrected chi connectivity index (χ1v) is 12.9. The number of piperazine rings is 1. The summed E-state index contributed by atoms with van der Waals surface area (Å²) in [6, 6.07) is 12.0. The van der Waals surface area contributed by atoms with E-state index < -0.39 is 10.0 Å². The number of nitrogens with zero attached hydrogens (tertiary/aromatic N) is 3. The minimum Gasteiger partial charge on any atom is -0.367 e. The first-order valence-electron chi connectivity index (χ1n) is 9.78. The Morgan fingerprint density at radius 3 is 2.44 bits per heavy atom.